The number of aryl methyl sites for hydroxylation is 1. The van der Waals surface area contributed by atoms with Crippen LogP contribution in [0.4, 0.5) is 22.2 Å². The summed E-state index contributed by atoms with van der Waals surface area (Å²) in [5.41, 5.74) is 2.48. The molecule has 0 spiro atoms. The zero-order valence-corrected chi connectivity index (χ0v) is 27.1. The van der Waals surface area contributed by atoms with E-state index in [0.717, 1.165) is 35.4 Å². The number of carbonyl (C=O) groups is 2. The Labute approximate surface area is 259 Å². The molecule has 3 heterocycles. The van der Waals surface area contributed by atoms with E-state index in [4.69, 9.17) is 9.47 Å². The first-order chi connectivity index (χ1) is 20.9. The van der Waals surface area contributed by atoms with E-state index in [1.54, 1.807) is 54.2 Å². The molecule has 0 bridgehead atoms. The van der Waals surface area contributed by atoms with Gasteiger partial charge in [-0.15, -0.1) is 0 Å². The van der Waals surface area contributed by atoms with Crippen LogP contribution in [-0.4, -0.2) is 87.1 Å². The Morgan fingerprint density at radius 3 is 2.66 bits per heavy atom. The third kappa shape index (κ3) is 9.80. The zero-order chi connectivity index (χ0) is 32.3. The number of anilines is 3. The van der Waals surface area contributed by atoms with Gasteiger partial charge in [0.25, 0.3) is 0 Å². The summed E-state index contributed by atoms with van der Waals surface area (Å²) in [7, 11) is 3.21. The molecule has 3 rings (SSSR count). The van der Waals surface area contributed by atoms with Crippen LogP contribution in [0, 0.1) is 18.8 Å². The molecule has 0 saturated carbocycles. The molecule has 238 valence electrons. The summed E-state index contributed by atoms with van der Waals surface area (Å²) in [6.07, 6.45) is 5.02. The summed E-state index contributed by atoms with van der Waals surface area (Å²) in [4.78, 5) is 39.7. The van der Waals surface area contributed by atoms with Crippen molar-refractivity contribution in [2.75, 3.05) is 44.5 Å². The van der Waals surface area contributed by atoms with E-state index in [-0.39, 0.29) is 5.91 Å². The number of hydrogen-bond acceptors (Lipinski definition) is 10. The molecule has 13 nitrogen and oxygen atoms in total. The summed E-state index contributed by atoms with van der Waals surface area (Å²) in [6.45, 7) is 13.4. The summed E-state index contributed by atoms with van der Waals surface area (Å²) in [5.74, 6) is 7.11. The number of pyridine rings is 1. The molecule has 0 aromatic carbocycles. The number of nitrogens with one attached hydrogen (secondary N) is 3. The van der Waals surface area contributed by atoms with Gasteiger partial charge in [-0.2, -0.15) is 10.1 Å². The lowest BCUT2D eigenvalue weighted by Crippen LogP contribution is -2.47. The smallest absolute Gasteiger partial charge is 0.410 e. The standard InChI is InChI=1S/C31H45N9O4/c1-9-14-32-26-23(13-11-10-12-15-33-28(41)22(3)39(7)30(42)44-31(4,5)6)19-35-29(37-26)36-24-18-25-21(2)38-40(16-17-43-8)27(25)34-20-24/h18-20,22H,9-10,12,14-17H2,1-8H3,(H,33,41)(H2,32,35,36,37)/t22-/m0/s1. The number of amides is 2. The number of methoxy groups -OCH3 is 1. The predicted octanol–water partition coefficient (Wildman–Crippen LogP) is 4.24. The molecule has 3 aromatic rings. The fourth-order valence-corrected chi connectivity index (χ4v) is 4.02. The van der Waals surface area contributed by atoms with Crippen LogP contribution < -0.4 is 16.0 Å². The van der Waals surface area contributed by atoms with E-state index in [9.17, 15) is 9.59 Å². The van der Waals surface area contributed by atoms with Crippen LogP contribution in [0.3, 0.4) is 0 Å². The van der Waals surface area contributed by atoms with Gasteiger partial charge in [-0.1, -0.05) is 18.8 Å². The highest BCUT2D eigenvalue weighted by atomic mass is 16.6. The Morgan fingerprint density at radius 1 is 1.18 bits per heavy atom. The minimum absolute atomic E-state index is 0.252. The molecule has 13 heteroatoms. The SMILES string of the molecule is CCCNc1nc(Nc2cnc3c(c2)c(C)nn3CCOC)ncc1C#CCCCNC(=O)[C@H](C)N(C)C(=O)OC(C)(C)C. The highest BCUT2D eigenvalue weighted by Gasteiger charge is 2.26. The summed E-state index contributed by atoms with van der Waals surface area (Å²) < 4.78 is 12.4. The van der Waals surface area contributed by atoms with Crippen LogP contribution in [-0.2, 0) is 20.8 Å². The molecule has 2 amide bonds. The molecule has 0 aliphatic heterocycles. The van der Waals surface area contributed by atoms with Crippen molar-refractivity contribution in [1.82, 2.24) is 34.9 Å². The fourth-order valence-electron chi connectivity index (χ4n) is 4.02. The monoisotopic (exact) mass is 607 g/mol. The fraction of sp³-hybridized carbons (Fsp3) is 0.548. The van der Waals surface area contributed by atoms with Gasteiger partial charge in [0.1, 0.15) is 17.5 Å². The predicted molar refractivity (Wildman–Crippen MR) is 171 cm³/mol. The average molecular weight is 608 g/mol. The number of likely N-dealkylation sites (N-methyl/N-ethyl adjacent to an activating group) is 1. The van der Waals surface area contributed by atoms with Crippen molar-refractivity contribution >= 4 is 40.5 Å². The first-order valence-electron chi connectivity index (χ1n) is 14.9. The van der Waals surface area contributed by atoms with E-state index in [0.29, 0.717) is 49.9 Å². The van der Waals surface area contributed by atoms with Gasteiger partial charge in [0.05, 0.1) is 42.5 Å². The maximum absolute atomic E-state index is 12.5. The zero-order valence-electron chi connectivity index (χ0n) is 27.1. The van der Waals surface area contributed by atoms with Gasteiger partial charge in [-0.3, -0.25) is 9.69 Å². The lowest BCUT2D eigenvalue weighted by Gasteiger charge is -2.28. The van der Waals surface area contributed by atoms with Gasteiger partial charge in [-0.05, 0) is 53.5 Å². The van der Waals surface area contributed by atoms with Gasteiger partial charge < -0.3 is 25.4 Å². The van der Waals surface area contributed by atoms with Gasteiger partial charge in [0, 0.05) is 39.1 Å². The minimum atomic E-state index is -0.660. The topological polar surface area (TPSA) is 148 Å². The van der Waals surface area contributed by atoms with E-state index in [1.165, 1.54) is 4.90 Å². The molecular weight excluding hydrogens is 562 g/mol. The Kier molecular flexibility index (Phi) is 12.3. The number of ether oxygens (including phenoxy) is 2. The number of carbonyl (C=O) groups excluding carboxylic acids is 2. The lowest BCUT2D eigenvalue weighted by molar-refractivity contribution is -0.125. The number of aromatic nitrogens is 5. The van der Waals surface area contributed by atoms with E-state index in [1.807, 2.05) is 17.7 Å². The van der Waals surface area contributed by atoms with Crippen LogP contribution in [0.5, 0.6) is 0 Å². The van der Waals surface area contributed by atoms with Crippen LogP contribution in [0.1, 0.15) is 65.1 Å². The van der Waals surface area contributed by atoms with Gasteiger partial charge in [0.15, 0.2) is 5.65 Å². The molecule has 0 radical (unpaired) electrons. The van der Waals surface area contributed by atoms with Crippen molar-refractivity contribution < 1.29 is 19.1 Å². The molecule has 1 atom stereocenters. The highest BCUT2D eigenvalue weighted by molar-refractivity contribution is 5.85. The van der Waals surface area contributed by atoms with Crippen molar-refractivity contribution in [3.05, 3.63) is 29.7 Å². The Hall–Kier alpha value is -4.44. The average Bonchev–Trinajstić information content (AvgIpc) is 3.29. The van der Waals surface area contributed by atoms with Crippen molar-refractivity contribution in [1.29, 1.82) is 0 Å². The maximum atomic E-state index is 12.5. The van der Waals surface area contributed by atoms with Crippen LogP contribution in [0.25, 0.3) is 11.0 Å². The minimum Gasteiger partial charge on any atom is -0.444 e. The van der Waals surface area contributed by atoms with E-state index in [2.05, 4.69) is 54.8 Å². The second-order valence-corrected chi connectivity index (χ2v) is 11.4. The lowest BCUT2D eigenvalue weighted by atomic mass is 10.2. The Balaban J connectivity index is 1.58. The van der Waals surface area contributed by atoms with Crippen molar-refractivity contribution in [2.45, 2.75) is 79.0 Å². The molecule has 0 unspecified atom stereocenters. The number of hydrogen-bond donors (Lipinski definition) is 3. The quantitative estimate of drug-likeness (QED) is 0.190. The second kappa shape index (κ2) is 15.9. The van der Waals surface area contributed by atoms with Crippen LogP contribution >= 0.6 is 0 Å². The second-order valence-electron chi connectivity index (χ2n) is 11.4. The molecule has 0 aliphatic carbocycles. The van der Waals surface area contributed by atoms with Crippen LogP contribution in [0.2, 0.25) is 0 Å². The van der Waals surface area contributed by atoms with Crippen LogP contribution in [0.15, 0.2) is 18.5 Å². The molecule has 0 saturated heterocycles. The molecule has 0 aliphatic rings. The first kappa shape index (κ1) is 34.1. The maximum Gasteiger partial charge on any atom is 0.410 e. The number of rotatable bonds is 13. The van der Waals surface area contributed by atoms with E-state index < -0.39 is 17.7 Å². The first-order valence-corrected chi connectivity index (χ1v) is 14.9. The third-order valence-electron chi connectivity index (χ3n) is 6.51. The van der Waals surface area contributed by atoms with E-state index >= 15 is 0 Å². The summed E-state index contributed by atoms with van der Waals surface area (Å²) in [6, 6.07) is 1.33. The largest absolute Gasteiger partial charge is 0.444 e. The number of unbranched alkanes of at least 4 members (excludes halogenated alkanes) is 1. The molecule has 3 N–H and O–H groups in total. The normalized spacial score (nSPS) is 11.8. The van der Waals surface area contributed by atoms with Crippen molar-refractivity contribution in [3.8, 4) is 11.8 Å². The number of fused-ring (bicyclic) bond motifs is 1. The third-order valence-corrected chi connectivity index (χ3v) is 6.51. The summed E-state index contributed by atoms with van der Waals surface area (Å²) >= 11 is 0. The highest BCUT2D eigenvalue weighted by Crippen LogP contribution is 2.23. The summed E-state index contributed by atoms with van der Waals surface area (Å²) in [5, 5.41) is 14.9. The van der Waals surface area contributed by atoms with Gasteiger partial charge >= 0.3 is 6.09 Å². The number of nitrogens with zero attached hydrogens (tertiary/aromatic N) is 6. The Morgan fingerprint density at radius 2 is 1.95 bits per heavy atom. The molecule has 0 fully saturated rings. The Bertz CT molecular complexity index is 1490. The van der Waals surface area contributed by atoms with Crippen molar-refractivity contribution in [3.63, 3.8) is 0 Å². The van der Waals surface area contributed by atoms with Gasteiger partial charge in [-0.25, -0.2) is 19.4 Å². The molecular formula is C31H45N9O4. The van der Waals surface area contributed by atoms with Gasteiger partial charge in [0.2, 0.25) is 11.9 Å². The van der Waals surface area contributed by atoms with Crippen molar-refractivity contribution in [2.24, 2.45) is 0 Å². The molecule has 44 heavy (non-hydrogen) atoms. The molecule has 3 aromatic heterocycles.